The highest BCUT2D eigenvalue weighted by atomic mass is 79.9. The van der Waals surface area contributed by atoms with Gasteiger partial charge in [-0.3, -0.25) is 9.59 Å². The van der Waals surface area contributed by atoms with Gasteiger partial charge in [-0.15, -0.1) is 11.3 Å². The number of hydrogen-bond donors (Lipinski definition) is 2. The third kappa shape index (κ3) is 4.10. The lowest BCUT2D eigenvalue weighted by Crippen LogP contribution is -2.22. The molecule has 3 rings (SSSR count). The van der Waals surface area contributed by atoms with Crippen molar-refractivity contribution in [3.05, 3.63) is 44.2 Å². The van der Waals surface area contributed by atoms with Gasteiger partial charge in [-0.1, -0.05) is 13.0 Å². The van der Waals surface area contributed by atoms with Crippen LogP contribution >= 0.6 is 27.3 Å². The number of benzene rings is 1. The van der Waals surface area contributed by atoms with Crippen molar-refractivity contribution in [3.8, 4) is 5.75 Å². The Hall–Kier alpha value is -1.86. The Labute approximate surface area is 165 Å². The number of carbonyl (C=O) groups is 2. The van der Waals surface area contributed by atoms with Gasteiger partial charge in [0.05, 0.1) is 10.0 Å². The lowest BCUT2D eigenvalue weighted by molar-refractivity contribution is -0.118. The molecule has 7 heteroatoms. The van der Waals surface area contributed by atoms with Gasteiger partial charge in [0.15, 0.2) is 6.61 Å². The number of ether oxygens (including phenoxy) is 1. The Kier molecular flexibility index (Phi) is 5.98. The van der Waals surface area contributed by atoms with Crippen molar-refractivity contribution in [1.82, 2.24) is 0 Å². The maximum Gasteiger partial charge on any atom is 0.262 e. The van der Waals surface area contributed by atoms with Gasteiger partial charge in [0.25, 0.3) is 11.8 Å². The number of anilines is 1. The minimum atomic E-state index is -0.487. The van der Waals surface area contributed by atoms with E-state index in [0.29, 0.717) is 16.3 Å². The van der Waals surface area contributed by atoms with Crippen LogP contribution in [0.2, 0.25) is 0 Å². The Balaban J connectivity index is 1.69. The zero-order valence-corrected chi connectivity index (χ0v) is 17.0. The molecule has 5 nitrogen and oxygen atoms in total. The minimum absolute atomic E-state index is 0.134. The molecule has 1 aromatic carbocycles. The van der Waals surface area contributed by atoms with Crippen LogP contribution in [-0.4, -0.2) is 18.4 Å². The van der Waals surface area contributed by atoms with E-state index in [1.54, 1.807) is 0 Å². The number of thiophene rings is 1. The van der Waals surface area contributed by atoms with Crippen molar-refractivity contribution in [1.29, 1.82) is 0 Å². The smallest absolute Gasteiger partial charge is 0.262 e. The maximum atomic E-state index is 12.3. The number of hydrogen-bond acceptors (Lipinski definition) is 4. The molecule has 2 amide bonds. The molecule has 0 bridgehead atoms. The van der Waals surface area contributed by atoms with Gasteiger partial charge < -0.3 is 15.8 Å². The largest absolute Gasteiger partial charge is 0.483 e. The molecule has 0 fully saturated rings. The number of nitrogens with one attached hydrogen (secondary N) is 1. The number of nitrogens with two attached hydrogens (primary N) is 1. The highest BCUT2D eigenvalue weighted by Gasteiger charge is 2.25. The number of amides is 2. The van der Waals surface area contributed by atoms with E-state index in [1.165, 1.54) is 16.9 Å². The Morgan fingerprint density at radius 3 is 2.77 bits per heavy atom. The summed E-state index contributed by atoms with van der Waals surface area (Å²) in [5, 5.41) is 3.34. The fraction of sp³-hybridized carbons (Fsp3) is 0.368. The molecule has 0 spiro atoms. The normalized spacial score (nSPS) is 13.2. The Morgan fingerprint density at radius 1 is 1.31 bits per heavy atom. The summed E-state index contributed by atoms with van der Waals surface area (Å²) in [6, 6.07) is 5.79. The standard InChI is InChI=1S/C19H21BrN2O3S/c1-2-11-7-8-14(13(20)9-11)25-10-16(23)22-19-17(18(21)24)12-5-3-4-6-15(12)26-19/h7-9H,2-6,10H2,1H3,(H2,21,24)(H,22,23). The van der Waals surface area contributed by atoms with E-state index in [2.05, 4.69) is 28.2 Å². The number of aryl methyl sites for hydroxylation is 2. The molecule has 3 N–H and O–H groups in total. The van der Waals surface area contributed by atoms with Crippen molar-refractivity contribution in [3.63, 3.8) is 0 Å². The molecule has 1 aromatic heterocycles. The van der Waals surface area contributed by atoms with Crippen LogP contribution in [0.25, 0.3) is 0 Å². The lowest BCUT2D eigenvalue weighted by Gasteiger charge is -2.11. The number of halogens is 1. The summed E-state index contributed by atoms with van der Waals surface area (Å²) in [6.07, 6.45) is 4.85. The Bertz CT molecular complexity index is 848. The molecule has 0 saturated carbocycles. The highest BCUT2D eigenvalue weighted by molar-refractivity contribution is 9.10. The summed E-state index contributed by atoms with van der Waals surface area (Å²) in [4.78, 5) is 25.3. The predicted octanol–water partition coefficient (Wildman–Crippen LogP) is 4.07. The highest BCUT2D eigenvalue weighted by Crippen LogP contribution is 2.37. The van der Waals surface area contributed by atoms with Crippen LogP contribution in [-0.2, 0) is 24.1 Å². The van der Waals surface area contributed by atoms with Gasteiger partial charge in [-0.2, -0.15) is 0 Å². The maximum absolute atomic E-state index is 12.3. The minimum Gasteiger partial charge on any atom is -0.483 e. The van der Waals surface area contributed by atoms with E-state index < -0.39 is 5.91 Å². The molecular weight excluding hydrogens is 416 g/mol. The molecule has 26 heavy (non-hydrogen) atoms. The fourth-order valence-corrected chi connectivity index (χ4v) is 4.95. The van der Waals surface area contributed by atoms with E-state index in [0.717, 1.165) is 47.0 Å². The van der Waals surface area contributed by atoms with Crippen molar-refractivity contribution in [2.75, 3.05) is 11.9 Å². The number of rotatable bonds is 6. The first-order valence-corrected chi connectivity index (χ1v) is 10.3. The summed E-state index contributed by atoms with van der Waals surface area (Å²) < 4.78 is 6.42. The second-order valence-electron chi connectivity index (χ2n) is 6.23. The van der Waals surface area contributed by atoms with Gasteiger partial charge >= 0.3 is 0 Å². The average Bonchev–Trinajstić information content (AvgIpc) is 2.98. The van der Waals surface area contributed by atoms with Gasteiger partial charge in [0.1, 0.15) is 10.8 Å². The van der Waals surface area contributed by atoms with Crippen LogP contribution in [0, 0.1) is 0 Å². The third-order valence-corrected chi connectivity index (χ3v) is 6.26. The molecule has 1 heterocycles. The summed E-state index contributed by atoms with van der Waals surface area (Å²) in [6.45, 7) is 1.94. The molecule has 0 saturated heterocycles. The van der Waals surface area contributed by atoms with Gasteiger partial charge in [0.2, 0.25) is 0 Å². The summed E-state index contributed by atoms with van der Waals surface area (Å²) in [5.74, 6) is -0.186. The summed E-state index contributed by atoms with van der Waals surface area (Å²) in [5.41, 5.74) is 8.20. The zero-order valence-electron chi connectivity index (χ0n) is 14.6. The average molecular weight is 437 g/mol. The van der Waals surface area contributed by atoms with Crippen LogP contribution in [0.5, 0.6) is 5.75 Å². The van der Waals surface area contributed by atoms with E-state index in [4.69, 9.17) is 10.5 Å². The quantitative estimate of drug-likeness (QED) is 0.715. The molecule has 0 radical (unpaired) electrons. The zero-order chi connectivity index (χ0) is 18.7. The van der Waals surface area contributed by atoms with E-state index >= 15 is 0 Å². The van der Waals surface area contributed by atoms with Crippen LogP contribution < -0.4 is 15.8 Å². The van der Waals surface area contributed by atoms with E-state index in [1.807, 2.05) is 18.2 Å². The van der Waals surface area contributed by atoms with E-state index in [9.17, 15) is 9.59 Å². The van der Waals surface area contributed by atoms with Crippen LogP contribution in [0.4, 0.5) is 5.00 Å². The second kappa shape index (κ2) is 8.22. The van der Waals surface area contributed by atoms with Crippen molar-refractivity contribution in [2.45, 2.75) is 39.0 Å². The third-order valence-electron chi connectivity index (χ3n) is 4.43. The number of fused-ring (bicyclic) bond motifs is 1. The Morgan fingerprint density at radius 2 is 2.08 bits per heavy atom. The van der Waals surface area contributed by atoms with Gasteiger partial charge in [-0.25, -0.2) is 0 Å². The molecule has 0 atom stereocenters. The number of carbonyl (C=O) groups excluding carboxylic acids is 2. The van der Waals surface area contributed by atoms with Crippen molar-refractivity contribution < 1.29 is 14.3 Å². The molecule has 0 aliphatic heterocycles. The first-order valence-electron chi connectivity index (χ1n) is 8.65. The number of primary amides is 1. The monoisotopic (exact) mass is 436 g/mol. The molecular formula is C19H21BrN2O3S. The molecule has 1 aliphatic rings. The molecule has 1 aliphatic carbocycles. The molecule has 0 unspecified atom stereocenters. The molecule has 138 valence electrons. The molecule has 2 aromatic rings. The topological polar surface area (TPSA) is 81.4 Å². The second-order valence-corrected chi connectivity index (χ2v) is 8.19. The predicted molar refractivity (Wildman–Crippen MR) is 107 cm³/mol. The van der Waals surface area contributed by atoms with Gasteiger partial charge in [-0.05, 0) is 71.3 Å². The lowest BCUT2D eigenvalue weighted by atomic mass is 9.95. The summed E-state index contributed by atoms with van der Waals surface area (Å²) in [7, 11) is 0. The van der Waals surface area contributed by atoms with Crippen molar-refractivity contribution >= 4 is 44.1 Å². The van der Waals surface area contributed by atoms with Gasteiger partial charge in [0, 0.05) is 4.88 Å². The van der Waals surface area contributed by atoms with Crippen LogP contribution in [0.3, 0.4) is 0 Å². The van der Waals surface area contributed by atoms with E-state index in [-0.39, 0.29) is 12.5 Å². The van der Waals surface area contributed by atoms with Crippen molar-refractivity contribution in [2.24, 2.45) is 5.73 Å². The first kappa shape index (κ1) is 18.9. The first-order chi connectivity index (χ1) is 12.5. The summed E-state index contributed by atoms with van der Waals surface area (Å²) >= 11 is 4.91. The van der Waals surface area contributed by atoms with Crippen LogP contribution in [0.1, 0.15) is 46.1 Å². The SMILES string of the molecule is CCc1ccc(OCC(=O)Nc2sc3c(c2C(N)=O)CCCC3)c(Br)c1. The fourth-order valence-electron chi connectivity index (χ4n) is 3.10. The van der Waals surface area contributed by atoms with Crippen LogP contribution in [0.15, 0.2) is 22.7 Å².